The summed E-state index contributed by atoms with van der Waals surface area (Å²) in [6, 6.07) is 3.57. The Labute approximate surface area is 104 Å². The van der Waals surface area contributed by atoms with Crippen LogP contribution >= 0.6 is 47.4 Å². The predicted molar refractivity (Wildman–Crippen MR) is 69.0 cm³/mol. The highest BCUT2D eigenvalue weighted by molar-refractivity contribution is 7.80. The minimum Gasteiger partial charge on any atom is -0.179 e. The minimum atomic E-state index is 0.402. The van der Waals surface area contributed by atoms with E-state index in [9.17, 15) is 0 Å². The molecule has 0 saturated carbocycles. The summed E-state index contributed by atoms with van der Waals surface area (Å²) in [7, 11) is 0. The van der Waals surface area contributed by atoms with Crippen molar-refractivity contribution >= 4 is 53.5 Å². The van der Waals surface area contributed by atoms with Crippen molar-refractivity contribution in [1.29, 1.82) is 0 Å². The third-order valence-electron chi connectivity index (χ3n) is 1.61. The summed E-state index contributed by atoms with van der Waals surface area (Å²) < 4.78 is 0. The second kappa shape index (κ2) is 5.92. The highest BCUT2D eigenvalue weighted by Crippen LogP contribution is 2.31. The highest BCUT2D eigenvalue weighted by atomic mass is 35.5. The third-order valence-corrected chi connectivity index (χ3v) is 3.07. The van der Waals surface area contributed by atoms with E-state index in [0.717, 1.165) is 17.7 Å². The molecule has 0 N–H and O–H groups in total. The lowest BCUT2D eigenvalue weighted by molar-refractivity contribution is 1.26. The van der Waals surface area contributed by atoms with Crippen molar-refractivity contribution in [2.24, 2.45) is 0 Å². The number of thiol groups is 1. The summed E-state index contributed by atoms with van der Waals surface area (Å²) in [5, 5.41) is 1.36. The maximum atomic E-state index is 5.87. The first-order chi connectivity index (χ1) is 6.65. The zero-order chi connectivity index (χ0) is 10.6. The molecule has 0 aromatic heterocycles. The lowest BCUT2D eigenvalue weighted by Crippen LogP contribution is -1.77. The van der Waals surface area contributed by atoms with Crippen molar-refractivity contribution in [2.45, 2.75) is 6.42 Å². The molecule has 0 radical (unpaired) electrons. The summed E-state index contributed by atoms with van der Waals surface area (Å²) >= 11 is 21.6. The monoisotopic (exact) mass is 266 g/mol. The average molecular weight is 268 g/mol. The van der Waals surface area contributed by atoms with Crippen LogP contribution in [0.1, 0.15) is 12.0 Å². The number of halogens is 3. The molecular formula is C10H9Cl3S. The van der Waals surface area contributed by atoms with E-state index >= 15 is 0 Å². The Morgan fingerprint density at radius 3 is 2.21 bits per heavy atom. The number of allylic oxidation sites excluding steroid dienone is 1. The van der Waals surface area contributed by atoms with Gasteiger partial charge in [0.1, 0.15) is 0 Å². The molecule has 0 amide bonds. The lowest BCUT2D eigenvalue weighted by atomic mass is 10.2. The van der Waals surface area contributed by atoms with Crippen molar-refractivity contribution in [3.8, 4) is 0 Å². The van der Waals surface area contributed by atoms with E-state index in [4.69, 9.17) is 34.8 Å². The summed E-state index contributed by atoms with van der Waals surface area (Å²) in [6.45, 7) is 0. The topological polar surface area (TPSA) is 0 Å². The molecule has 76 valence electrons. The molecule has 0 heterocycles. The molecule has 0 saturated heterocycles. The van der Waals surface area contributed by atoms with Crippen LogP contribution < -0.4 is 0 Å². The van der Waals surface area contributed by atoms with Crippen LogP contribution in [0.15, 0.2) is 18.2 Å². The van der Waals surface area contributed by atoms with Gasteiger partial charge in [-0.3, -0.25) is 0 Å². The maximum absolute atomic E-state index is 5.87. The summed E-state index contributed by atoms with van der Waals surface area (Å²) in [5.41, 5.74) is 0.950. The number of rotatable bonds is 3. The van der Waals surface area contributed by atoms with E-state index in [2.05, 4.69) is 12.6 Å². The van der Waals surface area contributed by atoms with Gasteiger partial charge in [-0.25, -0.2) is 0 Å². The van der Waals surface area contributed by atoms with Crippen LogP contribution in [0.25, 0.3) is 6.08 Å². The van der Waals surface area contributed by atoms with Crippen molar-refractivity contribution in [3.63, 3.8) is 0 Å². The Kier molecular flexibility index (Phi) is 5.18. The second-order valence-electron chi connectivity index (χ2n) is 2.71. The smallest absolute Gasteiger partial charge is 0.0778 e. The molecule has 1 aromatic rings. The molecule has 0 aliphatic carbocycles. The molecule has 0 nitrogen and oxygen atoms in total. The van der Waals surface area contributed by atoms with Gasteiger partial charge in [-0.15, -0.1) is 0 Å². The fourth-order valence-corrected chi connectivity index (χ4v) is 1.73. The molecule has 0 aliphatic rings. The number of hydrogen-bond acceptors (Lipinski definition) is 1. The van der Waals surface area contributed by atoms with E-state index in [1.54, 1.807) is 12.1 Å². The summed E-state index contributed by atoms with van der Waals surface area (Å²) in [5.74, 6) is 0.825. The molecule has 0 unspecified atom stereocenters. The van der Waals surface area contributed by atoms with Crippen molar-refractivity contribution in [1.82, 2.24) is 0 Å². The minimum absolute atomic E-state index is 0.402. The van der Waals surface area contributed by atoms with Gasteiger partial charge in [-0.1, -0.05) is 47.0 Å². The predicted octanol–water partition coefficient (Wildman–Crippen LogP) is 4.98. The van der Waals surface area contributed by atoms with E-state index in [1.165, 1.54) is 0 Å². The number of benzene rings is 1. The van der Waals surface area contributed by atoms with Gasteiger partial charge in [-0.05, 0) is 29.9 Å². The Balaban J connectivity index is 2.89. The number of hydrogen-bond donors (Lipinski definition) is 1. The van der Waals surface area contributed by atoms with Crippen LogP contribution in [0.5, 0.6) is 0 Å². The zero-order valence-electron chi connectivity index (χ0n) is 7.30. The molecule has 0 atom stereocenters. The maximum Gasteiger partial charge on any atom is 0.0778 e. The summed E-state index contributed by atoms with van der Waals surface area (Å²) in [4.78, 5) is 0. The van der Waals surface area contributed by atoms with Gasteiger partial charge in [0.15, 0.2) is 0 Å². The van der Waals surface area contributed by atoms with Crippen LogP contribution in [0, 0.1) is 0 Å². The molecule has 0 bridgehead atoms. The van der Waals surface area contributed by atoms with Crippen LogP contribution in [-0.4, -0.2) is 5.75 Å². The quantitative estimate of drug-likeness (QED) is 0.579. The van der Waals surface area contributed by atoms with Crippen molar-refractivity contribution in [2.75, 3.05) is 5.75 Å². The SMILES string of the molecule is SCCC=Cc1cc(Cl)c(Cl)c(Cl)c1. The van der Waals surface area contributed by atoms with Gasteiger partial charge in [0, 0.05) is 0 Å². The second-order valence-corrected chi connectivity index (χ2v) is 4.35. The fourth-order valence-electron chi connectivity index (χ4n) is 0.965. The molecular weight excluding hydrogens is 259 g/mol. The van der Waals surface area contributed by atoms with E-state index in [-0.39, 0.29) is 0 Å². The van der Waals surface area contributed by atoms with Gasteiger partial charge in [0.25, 0.3) is 0 Å². The molecule has 4 heteroatoms. The van der Waals surface area contributed by atoms with Crippen LogP contribution in [0.4, 0.5) is 0 Å². The standard InChI is InChI=1S/C10H9Cl3S/c11-8-5-7(3-1-2-4-14)6-9(12)10(8)13/h1,3,5-6,14H,2,4H2. The third kappa shape index (κ3) is 3.39. The Hall–Kier alpha value is 0.180. The van der Waals surface area contributed by atoms with E-state index in [1.807, 2.05) is 12.2 Å². The van der Waals surface area contributed by atoms with Gasteiger partial charge < -0.3 is 0 Å². The Morgan fingerprint density at radius 1 is 1.14 bits per heavy atom. The molecule has 0 spiro atoms. The van der Waals surface area contributed by atoms with Crippen LogP contribution in [0.2, 0.25) is 15.1 Å². The normalized spacial score (nSPS) is 11.1. The highest BCUT2D eigenvalue weighted by Gasteiger charge is 2.03. The molecule has 1 rings (SSSR count). The van der Waals surface area contributed by atoms with Crippen molar-refractivity contribution in [3.05, 3.63) is 38.8 Å². The van der Waals surface area contributed by atoms with Gasteiger partial charge >= 0.3 is 0 Å². The van der Waals surface area contributed by atoms with E-state index < -0.39 is 0 Å². The average Bonchev–Trinajstić information content (AvgIpc) is 2.14. The fraction of sp³-hybridized carbons (Fsp3) is 0.200. The van der Waals surface area contributed by atoms with Crippen LogP contribution in [-0.2, 0) is 0 Å². The molecule has 1 aromatic carbocycles. The lowest BCUT2D eigenvalue weighted by Gasteiger charge is -2.00. The van der Waals surface area contributed by atoms with Crippen LogP contribution in [0.3, 0.4) is 0 Å². The van der Waals surface area contributed by atoms with Gasteiger partial charge in [-0.2, -0.15) is 12.6 Å². The Bertz CT molecular complexity index is 324. The Morgan fingerprint density at radius 2 is 1.71 bits per heavy atom. The van der Waals surface area contributed by atoms with Gasteiger partial charge in [0.05, 0.1) is 15.1 Å². The zero-order valence-corrected chi connectivity index (χ0v) is 10.5. The molecule has 14 heavy (non-hydrogen) atoms. The first-order valence-corrected chi connectivity index (χ1v) is 5.83. The molecule has 0 fully saturated rings. The van der Waals surface area contributed by atoms with Gasteiger partial charge in [0.2, 0.25) is 0 Å². The molecule has 0 aliphatic heterocycles. The van der Waals surface area contributed by atoms with E-state index in [0.29, 0.717) is 15.1 Å². The summed E-state index contributed by atoms with van der Waals surface area (Å²) in [6.07, 6.45) is 4.88. The first-order valence-electron chi connectivity index (χ1n) is 4.07. The van der Waals surface area contributed by atoms with Crippen molar-refractivity contribution < 1.29 is 0 Å². The largest absolute Gasteiger partial charge is 0.179 e. The first kappa shape index (κ1) is 12.3.